The summed E-state index contributed by atoms with van der Waals surface area (Å²) in [5, 5.41) is 0. The molecule has 2 nitrogen and oxygen atoms in total. The molecule has 0 aliphatic rings. The van der Waals surface area contributed by atoms with Crippen molar-refractivity contribution in [3.63, 3.8) is 0 Å². The van der Waals surface area contributed by atoms with E-state index in [1.165, 1.54) is 0 Å². The molecule has 0 N–H and O–H groups in total. The van der Waals surface area contributed by atoms with Crippen LogP contribution in [0.4, 0.5) is 0 Å². The highest BCUT2D eigenvalue weighted by molar-refractivity contribution is 14.1. The second kappa shape index (κ2) is 3.52. The van der Waals surface area contributed by atoms with Crippen LogP contribution in [0.5, 0.6) is 5.75 Å². The fraction of sp³-hybridized carbons (Fsp3) is 0.167. The summed E-state index contributed by atoms with van der Waals surface area (Å²) in [4.78, 5) is 4.00. The number of hydrogen-bond donors (Lipinski definition) is 0. The summed E-state index contributed by atoms with van der Waals surface area (Å²) in [5.74, 6) is 0.809. The van der Waals surface area contributed by atoms with E-state index in [1.807, 2.05) is 6.07 Å². The molecule has 0 aliphatic heterocycles. The van der Waals surface area contributed by atoms with Crippen molar-refractivity contribution in [2.75, 3.05) is 7.11 Å². The molecule has 1 aromatic heterocycles. The molecule has 0 bridgehead atoms. The molecule has 10 heavy (non-hydrogen) atoms. The van der Waals surface area contributed by atoms with Crippen molar-refractivity contribution in [3.05, 3.63) is 20.4 Å². The first-order valence-electron chi connectivity index (χ1n) is 2.59. The van der Waals surface area contributed by atoms with E-state index < -0.39 is 0 Å². The zero-order valence-electron chi connectivity index (χ0n) is 5.27. The third-order valence-electron chi connectivity index (χ3n) is 1.01. The lowest BCUT2D eigenvalue weighted by atomic mass is 10.5. The van der Waals surface area contributed by atoms with Crippen molar-refractivity contribution in [2.45, 2.75) is 0 Å². The first kappa shape index (κ1) is 8.26. The number of methoxy groups -OCH3 is 1. The van der Waals surface area contributed by atoms with E-state index in [4.69, 9.17) is 4.74 Å². The molecule has 1 rings (SSSR count). The lowest BCUT2D eigenvalue weighted by molar-refractivity contribution is 0.409. The highest BCUT2D eigenvalue weighted by atomic mass is 127. The minimum absolute atomic E-state index is 0.809. The van der Waals surface area contributed by atoms with Crippen LogP contribution in [0.25, 0.3) is 0 Å². The average molecular weight is 314 g/mol. The van der Waals surface area contributed by atoms with Gasteiger partial charge in [-0.05, 0) is 44.6 Å². The van der Waals surface area contributed by atoms with E-state index in [1.54, 1.807) is 13.3 Å². The van der Waals surface area contributed by atoms with Crippen LogP contribution in [0.15, 0.2) is 16.9 Å². The van der Waals surface area contributed by atoms with Crippen LogP contribution in [0, 0.1) is 3.57 Å². The number of aromatic nitrogens is 1. The van der Waals surface area contributed by atoms with Crippen LogP contribution in [-0.2, 0) is 0 Å². The Morgan fingerprint density at radius 3 is 2.90 bits per heavy atom. The SMILES string of the molecule is COc1cnc(Br)cc1I. The topological polar surface area (TPSA) is 22.1 Å². The number of ether oxygens (including phenoxy) is 1. The third kappa shape index (κ3) is 1.82. The predicted molar refractivity (Wildman–Crippen MR) is 51.2 cm³/mol. The van der Waals surface area contributed by atoms with Crippen LogP contribution in [-0.4, -0.2) is 12.1 Å². The van der Waals surface area contributed by atoms with E-state index >= 15 is 0 Å². The van der Waals surface area contributed by atoms with Gasteiger partial charge < -0.3 is 4.74 Å². The van der Waals surface area contributed by atoms with Crippen LogP contribution in [0.1, 0.15) is 0 Å². The van der Waals surface area contributed by atoms with Crippen molar-refractivity contribution >= 4 is 38.5 Å². The summed E-state index contributed by atoms with van der Waals surface area (Å²) >= 11 is 5.44. The van der Waals surface area contributed by atoms with Gasteiger partial charge >= 0.3 is 0 Å². The normalized spacial score (nSPS) is 9.50. The van der Waals surface area contributed by atoms with E-state index in [2.05, 4.69) is 43.5 Å². The molecule has 0 aromatic carbocycles. The Morgan fingerprint density at radius 1 is 1.70 bits per heavy atom. The molecule has 1 aromatic rings. The summed E-state index contributed by atoms with van der Waals surface area (Å²) in [5.41, 5.74) is 0. The largest absolute Gasteiger partial charge is 0.494 e. The van der Waals surface area contributed by atoms with Gasteiger partial charge in [-0.15, -0.1) is 0 Å². The Bertz CT molecular complexity index is 241. The molecule has 1 heterocycles. The van der Waals surface area contributed by atoms with Gasteiger partial charge in [0, 0.05) is 0 Å². The van der Waals surface area contributed by atoms with Crippen LogP contribution in [0.2, 0.25) is 0 Å². The van der Waals surface area contributed by atoms with Gasteiger partial charge in [-0.2, -0.15) is 0 Å². The highest BCUT2D eigenvalue weighted by Crippen LogP contribution is 2.21. The van der Waals surface area contributed by atoms with Gasteiger partial charge in [-0.3, -0.25) is 0 Å². The first-order chi connectivity index (χ1) is 4.74. The average Bonchev–Trinajstić information content (AvgIpc) is 1.88. The summed E-state index contributed by atoms with van der Waals surface area (Å²) in [6.07, 6.45) is 1.69. The molecule has 0 spiro atoms. The third-order valence-corrected chi connectivity index (χ3v) is 2.28. The molecule has 0 amide bonds. The smallest absolute Gasteiger partial charge is 0.150 e. The number of pyridine rings is 1. The summed E-state index contributed by atoms with van der Waals surface area (Å²) in [6, 6.07) is 1.90. The fourth-order valence-corrected chi connectivity index (χ4v) is 1.96. The van der Waals surface area contributed by atoms with Crippen molar-refractivity contribution < 1.29 is 4.74 Å². The molecule has 4 heteroatoms. The number of hydrogen-bond acceptors (Lipinski definition) is 2. The van der Waals surface area contributed by atoms with Gasteiger partial charge in [0.1, 0.15) is 4.60 Å². The number of halogens is 2. The Hall–Kier alpha value is 0.160. The molecule has 0 saturated heterocycles. The van der Waals surface area contributed by atoms with E-state index in [9.17, 15) is 0 Å². The predicted octanol–water partition coefficient (Wildman–Crippen LogP) is 2.46. The maximum absolute atomic E-state index is 5.01. The first-order valence-corrected chi connectivity index (χ1v) is 4.46. The maximum Gasteiger partial charge on any atom is 0.150 e. The van der Waals surface area contributed by atoms with Gasteiger partial charge in [0.25, 0.3) is 0 Å². The maximum atomic E-state index is 5.01. The van der Waals surface area contributed by atoms with Crippen molar-refractivity contribution in [1.29, 1.82) is 0 Å². The van der Waals surface area contributed by atoms with Gasteiger partial charge in [-0.1, -0.05) is 0 Å². The van der Waals surface area contributed by atoms with Crippen molar-refractivity contribution in [1.82, 2.24) is 4.98 Å². The van der Waals surface area contributed by atoms with Crippen molar-refractivity contribution in [3.8, 4) is 5.75 Å². The summed E-state index contributed by atoms with van der Waals surface area (Å²) in [6.45, 7) is 0. The zero-order valence-corrected chi connectivity index (χ0v) is 9.01. The van der Waals surface area contributed by atoms with Crippen LogP contribution < -0.4 is 4.74 Å². The molecule has 0 unspecified atom stereocenters. The minimum Gasteiger partial charge on any atom is -0.494 e. The quantitative estimate of drug-likeness (QED) is 0.587. The molecule has 0 radical (unpaired) electrons. The number of nitrogens with zero attached hydrogens (tertiary/aromatic N) is 1. The zero-order chi connectivity index (χ0) is 7.56. The van der Waals surface area contributed by atoms with Crippen LogP contribution in [0.3, 0.4) is 0 Å². The minimum atomic E-state index is 0.809. The molecule has 54 valence electrons. The Morgan fingerprint density at radius 2 is 2.40 bits per heavy atom. The molecule has 0 atom stereocenters. The Kier molecular flexibility index (Phi) is 2.91. The number of rotatable bonds is 1. The fourth-order valence-electron chi connectivity index (χ4n) is 0.545. The lowest BCUT2D eigenvalue weighted by Gasteiger charge is -2.00. The van der Waals surface area contributed by atoms with Gasteiger partial charge in [0.05, 0.1) is 16.9 Å². The van der Waals surface area contributed by atoms with E-state index in [-0.39, 0.29) is 0 Å². The Labute approximate surface area is 81.3 Å². The molecule has 0 saturated carbocycles. The van der Waals surface area contributed by atoms with Gasteiger partial charge in [0.2, 0.25) is 0 Å². The molecular formula is C6H5BrINO. The van der Waals surface area contributed by atoms with Gasteiger partial charge in [-0.25, -0.2) is 4.98 Å². The van der Waals surface area contributed by atoms with Gasteiger partial charge in [0.15, 0.2) is 5.75 Å². The summed E-state index contributed by atoms with van der Waals surface area (Å²) in [7, 11) is 1.63. The highest BCUT2D eigenvalue weighted by Gasteiger charge is 1.98. The summed E-state index contributed by atoms with van der Waals surface area (Å²) < 4.78 is 6.90. The molecule has 0 fully saturated rings. The second-order valence-electron chi connectivity index (χ2n) is 1.64. The van der Waals surface area contributed by atoms with Crippen LogP contribution >= 0.6 is 38.5 Å². The standard InChI is InChI=1S/C6H5BrINO/c1-10-5-3-9-6(7)2-4(5)8/h2-3H,1H3. The molecular weight excluding hydrogens is 309 g/mol. The molecule has 0 aliphatic carbocycles. The lowest BCUT2D eigenvalue weighted by Crippen LogP contribution is -1.87. The Balaban J connectivity index is 3.07. The van der Waals surface area contributed by atoms with E-state index in [0.29, 0.717) is 0 Å². The monoisotopic (exact) mass is 313 g/mol. The second-order valence-corrected chi connectivity index (χ2v) is 3.62. The van der Waals surface area contributed by atoms with E-state index in [0.717, 1.165) is 13.9 Å². The van der Waals surface area contributed by atoms with Crippen molar-refractivity contribution in [2.24, 2.45) is 0 Å².